The van der Waals surface area contributed by atoms with Crippen LogP contribution in [0.1, 0.15) is 41.3 Å². The van der Waals surface area contributed by atoms with Gasteiger partial charge in [-0.25, -0.2) is 0 Å². The van der Waals surface area contributed by atoms with Crippen molar-refractivity contribution in [3.8, 4) is 17.0 Å². The summed E-state index contributed by atoms with van der Waals surface area (Å²) in [4.78, 5) is 15.2. The number of hydrogen-bond acceptors (Lipinski definition) is 2. The summed E-state index contributed by atoms with van der Waals surface area (Å²) >= 11 is 0. The monoisotopic (exact) mass is 321 g/mol. The summed E-state index contributed by atoms with van der Waals surface area (Å²) in [5.74, 6) is 0.765. The third-order valence-corrected chi connectivity index (χ3v) is 4.46. The van der Waals surface area contributed by atoms with Gasteiger partial charge in [0, 0.05) is 22.0 Å². The van der Waals surface area contributed by atoms with Gasteiger partial charge in [-0.1, -0.05) is 31.0 Å². The first-order chi connectivity index (χ1) is 11.7. The highest BCUT2D eigenvalue weighted by Crippen LogP contribution is 2.36. The Kier molecular flexibility index (Phi) is 4.70. The fourth-order valence-electron chi connectivity index (χ4n) is 3.15. The van der Waals surface area contributed by atoms with E-state index in [4.69, 9.17) is 4.74 Å². The minimum atomic E-state index is 0.701. The van der Waals surface area contributed by atoms with Crippen LogP contribution < -0.4 is 4.74 Å². The maximum atomic E-state index is 11.8. The fourth-order valence-corrected chi connectivity index (χ4v) is 3.15. The quantitative estimate of drug-likeness (QED) is 0.625. The second-order valence-corrected chi connectivity index (χ2v) is 6.22. The molecule has 0 atom stereocenters. The predicted molar refractivity (Wildman–Crippen MR) is 99.0 cm³/mol. The molecule has 0 unspecified atom stereocenters. The SMILES string of the molecule is CCCCc1ccc2[nH]c(-c3cc(C)ccc3OC)c(C=O)c2c1. The molecule has 1 N–H and O–H groups in total. The Balaban J connectivity index is 2.18. The van der Waals surface area contributed by atoms with Gasteiger partial charge in [0.25, 0.3) is 0 Å². The van der Waals surface area contributed by atoms with Crippen LogP contribution in [0.25, 0.3) is 22.2 Å². The zero-order valence-corrected chi connectivity index (χ0v) is 14.5. The number of aromatic amines is 1. The summed E-state index contributed by atoms with van der Waals surface area (Å²) in [7, 11) is 1.65. The first-order valence-corrected chi connectivity index (χ1v) is 8.42. The first-order valence-electron chi connectivity index (χ1n) is 8.42. The molecule has 0 amide bonds. The molecule has 2 aromatic carbocycles. The maximum absolute atomic E-state index is 11.8. The van der Waals surface area contributed by atoms with Crippen LogP contribution in [-0.4, -0.2) is 18.4 Å². The molecule has 1 heterocycles. The first kappa shape index (κ1) is 16.3. The number of methoxy groups -OCH3 is 1. The lowest BCUT2D eigenvalue weighted by Gasteiger charge is -2.09. The summed E-state index contributed by atoms with van der Waals surface area (Å²) in [6, 6.07) is 12.3. The van der Waals surface area contributed by atoms with Crippen LogP contribution in [0, 0.1) is 6.92 Å². The van der Waals surface area contributed by atoms with Crippen molar-refractivity contribution in [3.05, 3.63) is 53.1 Å². The van der Waals surface area contributed by atoms with E-state index in [0.29, 0.717) is 5.56 Å². The molecule has 0 aliphatic heterocycles. The van der Waals surface area contributed by atoms with Crippen molar-refractivity contribution in [2.75, 3.05) is 7.11 Å². The van der Waals surface area contributed by atoms with Crippen molar-refractivity contribution >= 4 is 17.2 Å². The highest BCUT2D eigenvalue weighted by Gasteiger charge is 2.16. The minimum absolute atomic E-state index is 0.701. The van der Waals surface area contributed by atoms with Gasteiger partial charge in [0.2, 0.25) is 0 Å². The van der Waals surface area contributed by atoms with Crippen LogP contribution in [0.2, 0.25) is 0 Å². The minimum Gasteiger partial charge on any atom is -0.496 e. The normalized spacial score (nSPS) is 11.0. The van der Waals surface area contributed by atoms with E-state index in [2.05, 4.69) is 36.2 Å². The van der Waals surface area contributed by atoms with Gasteiger partial charge in [0.1, 0.15) is 5.75 Å². The molecule has 3 nitrogen and oxygen atoms in total. The second kappa shape index (κ2) is 6.91. The highest BCUT2D eigenvalue weighted by atomic mass is 16.5. The smallest absolute Gasteiger partial charge is 0.152 e. The Labute approximate surface area is 142 Å². The fraction of sp³-hybridized carbons (Fsp3) is 0.286. The molecule has 124 valence electrons. The van der Waals surface area contributed by atoms with E-state index in [0.717, 1.165) is 59.0 Å². The summed E-state index contributed by atoms with van der Waals surface area (Å²) in [6.07, 6.45) is 4.31. The summed E-state index contributed by atoms with van der Waals surface area (Å²) < 4.78 is 5.49. The number of aldehydes is 1. The summed E-state index contributed by atoms with van der Waals surface area (Å²) in [5.41, 5.74) is 5.83. The molecule has 0 aliphatic rings. The molecule has 3 aromatic rings. The third kappa shape index (κ3) is 2.94. The van der Waals surface area contributed by atoms with E-state index in [-0.39, 0.29) is 0 Å². The largest absolute Gasteiger partial charge is 0.496 e. The van der Waals surface area contributed by atoms with E-state index in [1.807, 2.05) is 19.1 Å². The lowest BCUT2D eigenvalue weighted by atomic mass is 10.0. The van der Waals surface area contributed by atoms with Crippen molar-refractivity contribution in [2.24, 2.45) is 0 Å². The number of fused-ring (bicyclic) bond motifs is 1. The van der Waals surface area contributed by atoms with Gasteiger partial charge in [-0.05, 0) is 49.6 Å². The number of aromatic nitrogens is 1. The molecule has 0 fully saturated rings. The Hall–Kier alpha value is -2.55. The standard InChI is InChI=1S/C21H23NO2/c1-4-5-6-15-8-9-19-16(12-15)18(13-23)21(22-19)17-11-14(2)7-10-20(17)24-3/h7-13,22H,4-6H2,1-3H3. The van der Waals surface area contributed by atoms with Crippen molar-refractivity contribution in [1.82, 2.24) is 4.98 Å². The van der Waals surface area contributed by atoms with Gasteiger partial charge in [0.15, 0.2) is 6.29 Å². The number of aryl methyl sites for hydroxylation is 2. The van der Waals surface area contributed by atoms with Crippen molar-refractivity contribution < 1.29 is 9.53 Å². The summed E-state index contributed by atoms with van der Waals surface area (Å²) in [5, 5.41) is 0.983. The van der Waals surface area contributed by atoms with Gasteiger partial charge in [-0.2, -0.15) is 0 Å². The van der Waals surface area contributed by atoms with E-state index in [1.165, 1.54) is 5.56 Å². The molecule has 3 heteroatoms. The molecule has 0 saturated carbocycles. The van der Waals surface area contributed by atoms with Crippen LogP contribution in [0.4, 0.5) is 0 Å². The summed E-state index contributed by atoms with van der Waals surface area (Å²) in [6.45, 7) is 4.23. The van der Waals surface area contributed by atoms with Gasteiger partial charge >= 0.3 is 0 Å². The molecule has 0 bridgehead atoms. The van der Waals surface area contributed by atoms with Gasteiger partial charge < -0.3 is 9.72 Å². The lowest BCUT2D eigenvalue weighted by Crippen LogP contribution is -1.91. The van der Waals surface area contributed by atoms with E-state index in [1.54, 1.807) is 7.11 Å². The van der Waals surface area contributed by atoms with Crippen LogP contribution in [0.5, 0.6) is 5.75 Å². The molecule has 0 spiro atoms. The number of rotatable bonds is 6. The van der Waals surface area contributed by atoms with Crippen molar-refractivity contribution in [2.45, 2.75) is 33.1 Å². The zero-order valence-electron chi connectivity index (χ0n) is 14.5. The van der Waals surface area contributed by atoms with E-state index < -0.39 is 0 Å². The van der Waals surface area contributed by atoms with Gasteiger partial charge in [0.05, 0.1) is 12.8 Å². The van der Waals surface area contributed by atoms with E-state index in [9.17, 15) is 4.79 Å². The number of H-pyrrole nitrogens is 1. The number of carbonyl (C=O) groups is 1. The Morgan fingerprint density at radius 3 is 2.71 bits per heavy atom. The maximum Gasteiger partial charge on any atom is 0.152 e. The zero-order chi connectivity index (χ0) is 17.1. The predicted octanol–water partition coefficient (Wildman–Crippen LogP) is 5.31. The number of unbranched alkanes of at least 4 members (excludes halogenated alkanes) is 1. The average Bonchev–Trinajstić information content (AvgIpc) is 2.97. The van der Waals surface area contributed by atoms with Gasteiger partial charge in [-0.3, -0.25) is 4.79 Å². The van der Waals surface area contributed by atoms with Crippen molar-refractivity contribution in [1.29, 1.82) is 0 Å². The van der Waals surface area contributed by atoms with E-state index >= 15 is 0 Å². The van der Waals surface area contributed by atoms with Crippen molar-refractivity contribution in [3.63, 3.8) is 0 Å². The average molecular weight is 321 g/mol. The number of ether oxygens (including phenoxy) is 1. The molecule has 0 saturated heterocycles. The Morgan fingerprint density at radius 1 is 1.17 bits per heavy atom. The van der Waals surface area contributed by atoms with Gasteiger partial charge in [-0.15, -0.1) is 0 Å². The second-order valence-electron chi connectivity index (χ2n) is 6.22. The third-order valence-electron chi connectivity index (χ3n) is 4.46. The Bertz CT molecular complexity index is 877. The molecule has 3 rings (SSSR count). The number of nitrogens with one attached hydrogen (secondary N) is 1. The number of benzene rings is 2. The van der Waals surface area contributed by atoms with Crippen LogP contribution in [-0.2, 0) is 6.42 Å². The van der Waals surface area contributed by atoms with Crippen LogP contribution in [0.3, 0.4) is 0 Å². The lowest BCUT2D eigenvalue weighted by molar-refractivity contribution is 0.112. The highest BCUT2D eigenvalue weighted by molar-refractivity contribution is 6.05. The molecule has 0 aliphatic carbocycles. The molecular formula is C21H23NO2. The molecule has 1 aromatic heterocycles. The number of carbonyl (C=O) groups excluding carboxylic acids is 1. The topological polar surface area (TPSA) is 42.1 Å². The molecule has 24 heavy (non-hydrogen) atoms. The number of hydrogen-bond donors (Lipinski definition) is 1. The molecule has 0 radical (unpaired) electrons. The Morgan fingerprint density at radius 2 is 2.00 bits per heavy atom. The molecular weight excluding hydrogens is 298 g/mol. The van der Waals surface area contributed by atoms with Crippen LogP contribution >= 0.6 is 0 Å². The van der Waals surface area contributed by atoms with Crippen LogP contribution in [0.15, 0.2) is 36.4 Å².